The Labute approximate surface area is 212 Å². The number of rotatable bonds is 10. The van der Waals surface area contributed by atoms with Crippen LogP contribution in [0.3, 0.4) is 0 Å². The van der Waals surface area contributed by atoms with E-state index in [-0.39, 0.29) is 54.7 Å². The van der Waals surface area contributed by atoms with Crippen LogP contribution in [0.2, 0.25) is 0 Å². The Bertz CT molecular complexity index is 865. The van der Waals surface area contributed by atoms with Gasteiger partial charge in [0, 0.05) is 11.8 Å². The van der Waals surface area contributed by atoms with Gasteiger partial charge in [0.25, 0.3) is 0 Å². The van der Waals surface area contributed by atoms with E-state index in [1.54, 1.807) is 27.7 Å². The van der Waals surface area contributed by atoms with Crippen molar-refractivity contribution in [2.45, 2.75) is 98.4 Å². The lowest BCUT2D eigenvalue weighted by Crippen LogP contribution is -2.41. The molecule has 1 aliphatic heterocycles. The molecule has 3 aliphatic rings. The summed E-state index contributed by atoms with van der Waals surface area (Å²) >= 11 is 0. The van der Waals surface area contributed by atoms with Crippen LogP contribution in [-0.4, -0.2) is 60.4 Å². The molecule has 36 heavy (non-hydrogen) atoms. The fourth-order valence-electron chi connectivity index (χ4n) is 4.84. The number of hydrogen-bond donors (Lipinski definition) is 1. The van der Waals surface area contributed by atoms with Gasteiger partial charge in [-0.15, -0.1) is 0 Å². The van der Waals surface area contributed by atoms with Crippen LogP contribution in [0.5, 0.6) is 0 Å². The van der Waals surface area contributed by atoms with Crippen LogP contribution in [0.1, 0.15) is 80.1 Å². The lowest BCUT2D eigenvalue weighted by Gasteiger charge is -2.31. The summed E-state index contributed by atoms with van der Waals surface area (Å²) in [6, 6.07) is 0. The SMILES string of the molecule is CCC(C)(C)C(=O)OC(C)CC(=O)O.CCC(C)(CC(=O)OC)C(=O)OC1C2CC3C(=O)OC1C3C2. The summed E-state index contributed by atoms with van der Waals surface area (Å²) in [5, 5.41) is 8.47. The summed E-state index contributed by atoms with van der Waals surface area (Å²) in [5.74, 6) is -1.88. The van der Waals surface area contributed by atoms with E-state index < -0.39 is 34.8 Å². The molecule has 0 amide bonds. The maximum absolute atomic E-state index is 12.6. The molecule has 1 heterocycles. The number of carbonyl (C=O) groups is 5. The second-order valence-electron chi connectivity index (χ2n) is 11.0. The standard InChI is InChI=1S/C16H22O6.C10H18O4/c1-4-16(2,7-11(17)20-3)15(19)22-12-8-5-9-10(6-8)14(18)21-13(9)12;1-5-10(3,4)9(13)14-7(2)6-8(11)12/h8-10,12-13H,4-7H2,1-3H3;7H,5-6H2,1-4H3,(H,11,12). The minimum Gasteiger partial charge on any atom is -0.481 e. The minimum absolute atomic E-state index is 0.00224. The Balaban J connectivity index is 0.000000284. The Morgan fingerprint density at radius 2 is 1.72 bits per heavy atom. The van der Waals surface area contributed by atoms with Gasteiger partial charge in [0.15, 0.2) is 0 Å². The van der Waals surface area contributed by atoms with Gasteiger partial charge in [-0.3, -0.25) is 24.0 Å². The molecule has 2 aliphatic carbocycles. The first kappa shape index (κ1) is 29.6. The van der Waals surface area contributed by atoms with Crippen molar-refractivity contribution in [3.8, 4) is 0 Å². The summed E-state index contributed by atoms with van der Waals surface area (Å²) in [6.07, 6.45) is 1.42. The summed E-state index contributed by atoms with van der Waals surface area (Å²) in [4.78, 5) is 57.6. The molecule has 0 aromatic heterocycles. The molecule has 2 bridgehead atoms. The Morgan fingerprint density at radius 3 is 2.25 bits per heavy atom. The average Bonchev–Trinajstić information content (AvgIpc) is 3.43. The lowest BCUT2D eigenvalue weighted by atomic mass is 9.83. The summed E-state index contributed by atoms with van der Waals surface area (Å²) < 4.78 is 20.8. The van der Waals surface area contributed by atoms with Crippen molar-refractivity contribution in [3.63, 3.8) is 0 Å². The van der Waals surface area contributed by atoms with E-state index in [2.05, 4.69) is 4.74 Å². The van der Waals surface area contributed by atoms with Gasteiger partial charge in [-0.05, 0) is 53.4 Å². The van der Waals surface area contributed by atoms with Crippen LogP contribution >= 0.6 is 0 Å². The summed E-state index contributed by atoms with van der Waals surface area (Å²) in [6.45, 7) is 10.6. The first-order chi connectivity index (χ1) is 16.7. The molecule has 1 N–H and O–H groups in total. The van der Waals surface area contributed by atoms with Gasteiger partial charge in [0.2, 0.25) is 0 Å². The summed E-state index contributed by atoms with van der Waals surface area (Å²) in [5.41, 5.74) is -1.44. The zero-order valence-corrected chi connectivity index (χ0v) is 22.3. The van der Waals surface area contributed by atoms with Crippen LogP contribution in [0.4, 0.5) is 0 Å². The maximum Gasteiger partial charge on any atom is 0.312 e. The van der Waals surface area contributed by atoms with Crippen molar-refractivity contribution in [3.05, 3.63) is 0 Å². The van der Waals surface area contributed by atoms with E-state index in [0.717, 1.165) is 12.8 Å². The first-order valence-electron chi connectivity index (χ1n) is 12.6. The number of hydrogen-bond acceptors (Lipinski definition) is 9. The molecule has 1 saturated heterocycles. The molecule has 0 aromatic rings. The van der Waals surface area contributed by atoms with Gasteiger partial charge >= 0.3 is 29.8 Å². The van der Waals surface area contributed by atoms with Gasteiger partial charge in [0.05, 0.1) is 36.7 Å². The molecule has 204 valence electrons. The van der Waals surface area contributed by atoms with Crippen LogP contribution in [0.25, 0.3) is 0 Å². The zero-order valence-electron chi connectivity index (χ0n) is 22.3. The van der Waals surface area contributed by atoms with Crippen molar-refractivity contribution in [2.24, 2.45) is 28.6 Å². The third kappa shape index (κ3) is 6.56. The van der Waals surface area contributed by atoms with Crippen molar-refractivity contribution in [1.82, 2.24) is 0 Å². The number of aliphatic carboxylic acids is 1. The van der Waals surface area contributed by atoms with Gasteiger partial charge in [-0.2, -0.15) is 0 Å². The van der Waals surface area contributed by atoms with E-state index in [4.69, 9.17) is 19.3 Å². The highest BCUT2D eigenvalue weighted by Gasteiger charge is 2.63. The lowest BCUT2D eigenvalue weighted by molar-refractivity contribution is -0.174. The third-order valence-corrected chi connectivity index (χ3v) is 7.90. The molecule has 3 rings (SSSR count). The number of esters is 4. The van der Waals surface area contributed by atoms with E-state index in [1.807, 2.05) is 13.8 Å². The molecule has 10 heteroatoms. The maximum atomic E-state index is 12.6. The predicted molar refractivity (Wildman–Crippen MR) is 126 cm³/mol. The molecular weight excluding hydrogens is 472 g/mol. The monoisotopic (exact) mass is 512 g/mol. The van der Waals surface area contributed by atoms with Gasteiger partial charge in [-0.1, -0.05) is 13.8 Å². The topological polar surface area (TPSA) is 143 Å². The molecule has 7 atom stereocenters. The average molecular weight is 513 g/mol. The third-order valence-electron chi connectivity index (χ3n) is 7.90. The molecular formula is C26H40O10. The number of fused-ring (bicyclic) bond motifs is 1. The summed E-state index contributed by atoms with van der Waals surface area (Å²) in [7, 11) is 1.30. The van der Waals surface area contributed by atoms with E-state index >= 15 is 0 Å². The fourth-order valence-corrected chi connectivity index (χ4v) is 4.84. The molecule has 0 spiro atoms. The van der Waals surface area contributed by atoms with Gasteiger partial charge in [-0.25, -0.2) is 0 Å². The molecule has 3 fully saturated rings. The first-order valence-corrected chi connectivity index (χ1v) is 12.6. The highest BCUT2D eigenvalue weighted by atomic mass is 16.6. The van der Waals surface area contributed by atoms with E-state index in [9.17, 15) is 24.0 Å². The highest BCUT2D eigenvalue weighted by molar-refractivity contribution is 5.83. The number of ether oxygens (including phenoxy) is 4. The van der Waals surface area contributed by atoms with Crippen molar-refractivity contribution in [2.75, 3.05) is 7.11 Å². The number of carbonyl (C=O) groups excluding carboxylic acids is 4. The van der Waals surface area contributed by atoms with Gasteiger partial charge < -0.3 is 24.1 Å². The molecule has 0 radical (unpaired) electrons. The molecule has 2 saturated carbocycles. The van der Waals surface area contributed by atoms with Crippen molar-refractivity contribution >= 4 is 29.8 Å². The second-order valence-corrected chi connectivity index (χ2v) is 11.0. The number of carboxylic acids is 1. The van der Waals surface area contributed by atoms with Crippen LogP contribution in [0, 0.1) is 28.6 Å². The molecule has 0 aromatic carbocycles. The van der Waals surface area contributed by atoms with Crippen molar-refractivity contribution in [1.29, 1.82) is 0 Å². The minimum atomic E-state index is -0.959. The quantitative estimate of drug-likeness (QED) is 0.342. The highest BCUT2D eigenvalue weighted by Crippen LogP contribution is 2.55. The van der Waals surface area contributed by atoms with Gasteiger partial charge in [0.1, 0.15) is 18.3 Å². The Kier molecular flexibility index (Phi) is 9.53. The number of carboxylic acid groups (broad SMARTS) is 1. The van der Waals surface area contributed by atoms with Crippen LogP contribution in [0.15, 0.2) is 0 Å². The van der Waals surface area contributed by atoms with E-state index in [0.29, 0.717) is 12.8 Å². The second kappa shape index (κ2) is 11.6. The predicted octanol–water partition coefficient (Wildman–Crippen LogP) is 3.29. The number of methoxy groups -OCH3 is 1. The van der Waals surface area contributed by atoms with E-state index in [1.165, 1.54) is 7.11 Å². The fraction of sp³-hybridized carbons (Fsp3) is 0.808. The molecule has 7 unspecified atom stereocenters. The van der Waals surface area contributed by atoms with Crippen LogP contribution < -0.4 is 0 Å². The Morgan fingerprint density at radius 1 is 1.08 bits per heavy atom. The van der Waals surface area contributed by atoms with Crippen LogP contribution in [-0.2, 0) is 42.9 Å². The molecule has 10 nitrogen and oxygen atoms in total. The van der Waals surface area contributed by atoms with Crippen molar-refractivity contribution < 1.29 is 48.0 Å². The Hall–Kier alpha value is -2.65. The zero-order chi connectivity index (χ0) is 27.4. The largest absolute Gasteiger partial charge is 0.481 e. The normalized spacial score (nSPS) is 28.2. The smallest absolute Gasteiger partial charge is 0.312 e.